The van der Waals surface area contributed by atoms with Gasteiger partial charge in [-0.1, -0.05) is 57.0 Å². The molecule has 4 heteroatoms. The minimum absolute atomic E-state index is 0.588. The second kappa shape index (κ2) is 14.6. The number of aryl methyl sites for hydroxylation is 2. The van der Waals surface area contributed by atoms with Crippen LogP contribution in [0.1, 0.15) is 118 Å². The van der Waals surface area contributed by atoms with Crippen LogP contribution in [0.2, 0.25) is 0 Å². The van der Waals surface area contributed by atoms with Crippen molar-refractivity contribution >= 4 is 17.2 Å². The Labute approximate surface area is 259 Å². The molecule has 3 fully saturated rings. The summed E-state index contributed by atoms with van der Waals surface area (Å²) < 4.78 is 0. The van der Waals surface area contributed by atoms with Gasteiger partial charge in [0.2, 0.25) is 0 Å². The van der Waals surface area contributed by atoms with Crippen LogP contribution in [-0.2, 0) is 6.42 Å². The van der Waals surface area contributed by atoms with Gasteiger partial charge in [0, 0.05) is 30.6 Å². The molecule has 0 unspecified atom stereocenters. The molecular formula is C38H51N3S. The largest absolute Gasteiger partial charge is 0.330 e. The maximum Gasteiger partial charge on any atom is 0.133 e. The molecule has 0 N–H and O–H groups in total. The molecule has 0 saturated heterocycles. The predicted octanol–water partition coefficient (Wildman–Crippen LogP) is 11.0. The summed E-state index contributed by atoms with van der Waals surface area (Å²) in [5.41, 5.74) is 7.05. The fourth-order valence-corrected chi connectivity index (χ4v) is 8.06. The molecule has 3 aliphatic carbocycles. The smallest absolute Gasteiger partial charge is 0.133 e. The maximum absolute atomic E-state index is 4.94. The van der Waals surface area contributed by atoms with E-state index < -0.39 is 0 Å². The van der Waals surface area contributed by atoms with E-state index in [0.29, 0.717) is 23.7 Å². The number of hydrogen-bond acceptors (Lipinski definition) is 4. The third-order valence-corrected chi connectivity index (χ3v) is 10.9. The summed E-state index contributed by atoms with van der Waals surface area (Å²) >= 11 is 1.87. The molecule has 42 heavy (non-hydrogen) atoms. The number of pyridine rings is 1. The number of hydrogen-bond donors (Lipinski definition) is 0. The van der Waals surface area contributed by atoms with E-state index in [-0.39, 0.29) is 0 Å². The van der Waals surface area contributed by atoms with Gasteiger partial charge in [-0.3, -0.25) is 0 Å². The van der Waals surface area contributed by atoms with Crippen LogP contribution in [0.3, 0.4) is 0 Å². The molecule has 2 aromatic heterocycles. The van der Waals surface area contributed by atoms with Crippen molar-refractivity contribution in [1.29, 1.82) is 0 Å². The lowest BCUT2D eigenvalue weighted by atomic mass is 9.77. The van der Waals surface area contributed by atoms with Crippen molar-refractivity contribution in [2.75, 3.05) is 11.4 Å². The summed E-state index contributed by atoms with van der Waals surface area (Å²) in [5, 5.41) is 1.31. The Bertz CT molecular complexity index is 1320. The number of benzene rings is 1. The molecule has 2 heterocycles. The van der Waals surface area contributed by atoms with Gasteiger partial charge in [-0.25, -0.2) is 9.97 Å². The lowest BCUT2D eigenvalue weighted by Gasteiger charge is -2.37. The highest BCUT2D eigenvalue weighted by atomic mass is 32.1. The summed E-state index contributed by atoms with van der Waals surface area (Å²) in [6.45, 7) is 15.6. The van der Waals surface area contributed by atoms with Crippen molar-refractivity contribution in [3.05, 3.63) is 89.4 Å². The Kier molecular flexibility index (Phi) is 10.7. The lowest BCUT2D eigenvalue weighted by molar-refractivity contribution is 0.323. The molecule has 6 rings (SSSR count). The topological polar surface area (TPSA) is 29.0 Å². The molecule has 3 aromatic rings. The number of thiazole rings is 1. The molecule has 0 atom stereocenters. The van der Waals surface area contributed by atoms with E-state index in [1.165, 1.54) is 103 Å². The SMILES string of the molecule is C=C(C1CCCCC1)N(CC1CCC(c2ccc(CC)c(C)c2)CC1)c1cc(-c2cnc(C3CC3)s2)ccn1.C=CC. The summed E-state index contributed by atoms with van der Waals surface area (Å²) in [7, 11) is 0. The summed E-state index contributed by atoms with van der Waals surface area (Å²) in [5.74, 6) is 3.77. The maximum atomic E-state index is 4.94. The van der Waals surface area contributed by atoms with Gasteiger partial charge in [-0.05, 0) is 124 Å². The quantitative estimate of drug-likeness (QED) is 0.235. The van der Waals surface area contributed by atoms with Crippen LogP contribution >= 0.6 is 11.3 Å². The fraction of sp³-hybridized carbons (Fsp3) is 0.526. The zero-order valence-electron chi connectivity index (χ0n) is 26.3. The van der Waals surface area contributed by atoms with Crippen molar-refractivity contribution in [2.45, 2.75) is 110 Å². The van der Waals surface area contributed by atoms with Crippen LogP contribution in [0, 0.1) is 18.8 Å². The van der Waals surface area contributed by atoms with Crippen molar-refractivity contribution in [3.8, 4) is 10.4 Å². The van der Waals surface area contributed by atoms with E-state index in [4.69, 9.17) is 16.5 Å². The number of allylic oxidation sites excluding steroid dienone is 2. The number of anilines is 1. The monoisotopic (exact) mass is 581 g/mol. The van der Waals surface area contributed by atoms with Gasteiger partial charge < -0.3 is 4.90 Å². The van der Waals surface area contributed by atoms with Gasteiger partial charge in [-0.15, -0.1) is 17.9 Å². The molecule has 0 spiro atoms. The van der Waals surface area contributed by atoms with Crippen molar-refractivity contribution in [3.63, 3.8) is 0 Å². The van der Waals surface area contributed by atoms with E-state index >= 15 is 0 Å². The lowest BCUT2D eigenvalue weighted by Crippen LogP contribution is -2.34. The van der Waals surface area contributed by atoms with Gasteiger partial charge >= 0.3 is 0 Å². The first-order chi connectivity index (χ1) is 20.5. The highest BCUT2D eigenvalue weighted by Crippen LogP contribution is 2.44. The molecule has 3 aliphatic rings. The minimum Gasteiger partial charge on any atom is -0.330 e. The summed E-state index contributed by atoms with van der Waals surface area (Å²) in [4.78, 5) is 13.5. The normalized spacial score (nSPS) is 20.8. The number of rotatable bonds is 9. The molecule has 0 aliphatic heterocycles. The molecule has 0 bridgehead atoms. The van der Waals surface area contributed by atoms with Crippen molar-refractivity contribution in [2.24, 2.45) is 11.8 Å². The minimum atomic E-state index is 0.588. The molecular weight excluding hydrogens is 531 g/mol. The second-order valence-corrected chi connectivity index (χ2v) is 13.9. The first-order valence-electron chi connectivity index (χ1n) is 16.6. The zero-order valence-corrected chi connectivity index (χ0v) is 27.1. The van der Waals surface area contributed by atoms with E-state index in [0.717, 1.165) is 18.8 Å². The Balaban J connectivity index is 0.00000113. The summed E-state index contributed by atoms with van der Waals surface area (Å²) in [6.07, 6.45) is 21.3. The number of aromatic nitrogens is 2. The highest BCUT2D eigenvalue weighted by Gasteiger charge is 2.29. The van der Waals surface area contributed by atoms with Gasteiger partial charge in [-0.2, -0.15) is 0 Å². The fourth-order valence-electron chi connectivity index (χ4n) is 6.98. The van der Waals surface area contributed by atoms with Gasteiger partial charge in [0.05, 0.1) is 9.88 Å². The van der Waals surface area contributed by atoms with E-state index in [1.807, 2.05) is 24.5 Å². The van der Waals surface area contributed by atoms with Crippen LogP contribution in [0.15, 0.2) is 67.7 Å². The predicted molar refractivity (Wildman–Crippen MR) is 182 cm³/mol. The molecule has 1 aromatic carbocycles. The summed E-state index contributed by atoms with van der Waals surface area (Å²) in [6, 6.07) is 11.7. The Morgan fingerprint density at radius 2 is 1.67 bits per heavy atom. The Morgan fingerprint density at radius 1 is 0.952 bits per heavy atom. The van der Waals surface area contributed by atoms with E-state index in [1.54, 1.807) is 11.6 Å². The third kappa shape index (κ3) is 7.61. The van der Waals surface area contributed by atoms with Crippen molar-refractivity contribution < 1.29 is 0 Å². The average molecular weight is 582 g/mol. The average Bonchev–Trinajstić information content (AvgIpc) is 3.76. The van der Waals surface area contributed by atoms with Crippen LogP contribution in [-0.4, -0.2) is 16.5 Å². The molecule has 0 amide bonds. The zero-order chi connectivity index (χ0) is 29.5. The van der Waals surface area contributed by atoms with Crippen LogP contribution in [0.25, 0.3) is 10.4 Å². The first kappa shape index (κ1) is 30.7. The van der Waals surface area contributed by atoms with Crippen LogP contribution in [0.4, 0.5) is 5.82 Å². The van der Waals surface area contributed by atoms with E-state index in [2.05, 4.69) is 61.9 Å². The Hall–Kier alpha value is -2.72. The van der Waals surface area contributed by atoms with Gasteiger partial charge in [0.15, 0.2) is 0 Å². The highest BCUT2D eigenvalue weighted by molar-refractivity contribution is 7.15. The molecule has 0 radical (unpaired) electrons. The Morgan fingerprint density at radius 3 is 2.33 bits per heavy atom. The van der Waals surface area contributed by atoms with Crippen molar-refractivity contribution in [1.82, 2.24) is 9.97 Å². The third-order valence-electron chi connectivity index (χ3n) is 9.69. The number of nitrogens with zero attached hydrogens (tertiary/aromatic N) is 3. The van der Waals surface area contributed by atoms with Crippen LogP contribution in [0.5, 0.6) is 0 Å². The molecule has 224 valence electrons. The molecule has 3 saturated carbocycles. The molecule has 3 nitrogen and oxygen atoms in total. The van der Waals surface area contributed by atoms with Gasteiger partial charge in [0.25, 0.3) is 0 Å². The second-order valence-electron chi connectivity index (χ2n) is 12.8. The van der Waals surface area contributed by atoms with Gasteiger partial charge in [0.1, 0.15) is 5.82 Å². The first-order valence-corrected chi connectivity index (χ1v) is 17.4. The van der Waals surface area contributed by atoms with Crippen LogP contribution < -0.4 is 4.90 Å². The standard InChI is InChI=1S/C35H45N3S.C3H6/c1-4-27-14-17-31(20-24(27)2)29-12-10-26(11-13-29)23-38(25(3)28-8-6-5-7-9-28)34-21-32(18-19-36-34)33-22-37-35(39-33)30-15-16-30;1-3-2/h14,17-22,26,28-30H,3-13,15-16,23H2,1-2H3;3H,1H2,2H3. The van der Waals surface area contributed by atoms with E-state index in [9.17, 15) is 0 Å².